The Hall–Kier alpha value is -2.56. The van der Waals surface area contributed by atoms with Gasteiger partial charge in [-0.05, 0) is 75.6 Å². The van der Waals surface area contributed by atoms with Crippen molar-refractivity contribution in [2.45, 2.75) is 82.8 Å². The van der Waals surface area contributed by atoms with Gasteiger partial charge in [0.1, 0.15) is 11.9 Å². The lowest BCUT2D eigenvalue weighted by Gasteiger charge is -2.34. The maximum absolute atomic E-state index is 13.1. The molecule has 3 heterocycles. The molecule has 8 nitrogen and oxygen atoms in total. The van der Waals surface area contributed by atoms with E-state index in [0.717, 1.165) is 16.6 Å². The van der Waals surface area contributed by atoms with E-state index < -0.39 is 46.4 Å². The van der Waals surface area contributed by atoms with Crippen molar-refractivity contribution in [3.8, 4) is 5.75 Å². The molecule has 1 aliphatic carbocycles. The summed E-state index contributed by atoms with van der Waals surface area (Å²) in [5.74, 6) is 0.775. The predicted octanol–water partition coefficient (Wildman–Crippen LogP) is 3.85. The third kappa shape index (κ3) is 5.14. The molecule has 4 fully saturated rings. The van der Waals surface area contributed by atoms with Gasteiger partial charge < -0.3 is 18.8 Å². The first-order chi connectivity index (χ1) is 18.9. The Morgan fingerprint density at radius 1 is 1.00 bits per heavy atom. The summed E-state index contributed by atoms with van der Waals surface area (Å²) < 4.78 is 50.3. The molecule has 3 aliphatic heterocycles. The Morgan fingerprint density at radius 2 is 1.73 bits per heavy atom. The molecule has 0 spiro atoms. The number of carbonyl (C=O) groups excluding carboxylic acids is 1. The monoisotopic (exact) mass is 567 g/mol. The van der Waals surface area contributed by atoms with Crippen molar-refractivity contribution >= 4 is 28.5 Å². The van der Waals surface area contributed by atoms with Crippen LogP contribution in [-0.4, -0.2) is 68.5 Å². The Bertz CT molecular complexity index is 1400. The number of amides is 1. The minimum Gasteiger partial charge on any atom is -0.497 e. The molecule has 6 rings (SSSR count). The second-order valence-electron chi connectivity index (χ2n) is 12.8. The van der Waals surface area contributed by atoms with Crippen LogP contribution in [0.25, 0.3) is 0 Å². The maximum atomic E-state index is 13.1. The first-order valence-corrected chi connectivity index (χ1v) is 16.0. The molecule has 0 radical (unpaired) electrons. The zero-order chi connectivity index (χ0) is 28.4. The lowest BCUT2D eigenvalue weighted by atomic mass is 9.76. The van der Waals surface area contributed by atoms with E-state index in [2.05, 4.69) is 12.1 Å². The van der Waals surface area contributed by atoms with Gasteiger partial charge in [-0.2, -0.15) is 0 Å². The number of methoxy groups -OCH3 is 1. The Balaban J connectivity index is 1.24. The van der Waals surface area contributed by atoms with E-state index in [1.807, 2.05) is 58.0 Å². The SMILES string of the molecule is COc1ccc(C[C@@H]2CS(=O)(=O)C[C@H]3[C@H]2OC(=O)N3Cc2cccc(C3CC3)c2)cc1B1OC(C)(C)C(C)(C)O1. The van der Waals surface area contributed by atoms with Gasteiger partial charge in [0.25, 0.3) is 0 Å². The Labute approximate surface area is 237 Å². The number of nitrogens with zero attached hydrogens (tertiary/aromatic N) is 1. The van der Waals surface area contributed by atoms with Crippen LogP contribution in [0.15, 0.2) is 42.5 Å². The molecular formula is C30H38BNO7S. The lowest BCUT2D eigenvalue weighted by molar-refractivity contribution is 0.00578. The number of rotatable bonds is 7. The number of ether oxygens (including phenoxy) is 2. The smallest absolute Gasteiger partial charge is 0.497 e. The van der Waals surface area contributed by atoms with E-state index >= 15 is 0 Å². The maximum Gasteiger partial charge on any atom is 0.498 e. The number of hydrogen-bond acceptors (Lipinski definition) is 7. The van der Waals surface area contributed by atoms with Crippen molar-refractivity contribution in [3.05, 3.63) is 59.2 Å². The molecule has 40 heavy (non-hydrogen) atoms. The predicted molar refractivity (Wildman–Crippen MR) is 153 cm³/mol. The lowest BCUT2D eigenvalue weighted by Crippen LogP contribution is -2.51. The van der Waals surface area contributed by atoms with Crippen LogP contribution in [0.4, 0.5) is 4.79 Å². The Kier molecular flexibility index (Phi) is 6.75. The molecule has 3 saturated heterocycles. The van der Waals surface area contributed by atoms with Crippen LogP contribution < -0.4 is 10.2 Å². The second kappa shape index (κ2) is 9.77. The molecule has 214 valence electrons. The van der Waals surface area contributed by atoms with E-state index in [0.29, 0.717) is 24.6 Å². The van der Waals surface area contributed by atoms with Gasteiger partial charge in [0, 0.05) is 17.9 Å². The number of hydrogen-bond donors (Lipinski definition) is 0. The fraction of sp³-hybridized carbons (Fsp3) is 0.567. The summed E-state index contributed by atoms with van der Waals surface area (Å²) in [6, 6.07) is 13.5. The summed E-state index contributed by atoms with van der Waals surface area (Å²) in [6.07, 6.45) is 1.89. The topological polar surface area (TPSA) is 91.4 Å². The largest absolute Gasteiger partial charge is 0.498 e. The van der Waals surface area contributed by atoms with Crippen LogP contribution in [-0.2, 0) is 36.8 Å². The van der Waals surface area contributed by atoms with Gasteiger partial charge in [0.05, 0.1) is 35.9 Å². The first kappa shape index (κ1) is 27.6. The summed E-state index contributed by atoms with van der Waals surface area (Å²) in [5, 5.41) is 0. The summed E-state index contributed by atoms with van der Waals surface area (Å²) in [7, 11) is -2.39. The van der Waals surface area contributed by atoms with Gasteiger partial charge in [-0.3, -0.25) is 4.90 Å². The van der Waals surface area contributed by atoms with Crippen molar-refractivity contribution < 1.29 is 32.0 Å². The number of benzene rings is 2. The Morgan fingerprint density at radius 3 is 2.40 bits per heavy atom. The van der Waals surface area contributed by atoms with Crippen molar-refractivity contribution in [1.82, 2.24) is 4.90 Å². The van der Waals surface area contributed by atoms with Gasteiger partial charge >= 0.3 is 13.2 Å². The van der Waals surface area contributed by atoms with Gasteiger partial charge in [-0.25, -0.2) is 13.2 Å². The second-order valence-corrected chi connectivity index (χ2v) is 14.9. The molecule has 1 amide bonds. The van der Waals surface area contributed by atoms with Gasteiger partial charge in [-0.15, -0.1) is 0 Å². The number of fused-ring (bicyclic) bond motifs is 1. The summed E-state index contributed by atoms with van der Waals surface area (Å²) in [5.41, 5.74) is 2.94. The molecule has 2 aromatic rings. The molecule has 2 aromatic carbocycles. The average Bonchev–Trinajstić information content (AvgIpc) is 3.65. The van der Waals surface area contributed by atoms with Crippen LogP contribution in [0.3, 0.4) is 0 Å². The molecular weight excluding hydrogens is 529 g/mol. The van der Waals surface area contributed by atoms with Gasteiger partial charge in [0.15, 0.2) is 9.84 Å². The highest BCUT2D eigenvalue weighted by Crippen LogP contribution is 2.41. The fourth-order valence-corrected chi connectivity index (χ4v) is 8.19. The highest BCUT2D eigenvalue weighted by Gasteiger charge is 2.54. The highest BCUT2D eigenvalue weighted by atomic mass is 32.2. The van der Waals surface area contributed by atoms with E-state index in [1.165, 1.54) is 18.4 Å². The van der Waals surface area contributed by atoms with Gasteiger partial charge in [-0.1, -0.05) is 36.4 Å². The minimum absolute atomic E-state index is 0.0235. The van der Waals surface area contributed by atoms with Crippen LogP contribution in [0.1, 0.15) is 63.1 Å². The van der Waals surface area contributed by atoms with Gasteiger partial charge in [0.2, 0.25) is 0 Å². The standard InChI is InChI=1S/C30H38BNO7S/c1-29(2)30(3,4)39-31(38-29)24-15-19(9-12-26(24)36-5)13-23-17-40(34,35)18-25-27(23)37-28(33)32(25)16-20-7-6-8-22(14-20)21-10-11-21/h6-9,12,14-15,21,23,25,27H,10-11,13,16-18H2,1-5H3/t23-,25+,27+/m1/s1. The molecule has 3 atom stereocenters. The van der Waals surface area contributed by atoms with Crippen molar-refractivity contribution in [2.24, 2.45) is 5.92 Å². The van der Waals surface area contributed by atoms with E-state index in [-0.39, 0.29) is 17.4 Å². The van der Waals surface area contributed by atoms with E-state index in [4.69, 9.17) is 18.8 Å². The van der Waals surface area contributed by atoms with Crippen LogP contribution >= 0.6 is 0 Å². The zero-order valence-corrected chi connectivity index (χ0v) is 24.7. The molecule has 4 aliphatic rings. The number of sulfone groups is 1. The molecule has 0 bridgehead atoms. The molecule has 0 aromatic heterocycles. The van der Waals surface area contributed by atoms with Crippen LogP contribution in [0.5, 0.6) is 5.75 Å². The van der Waals surface area contributed by atoms with Crippen molar-refractivity contribution in [1.29, 1.82) is 0 Å². The summed E-state index contributed by atoms with van der Waals surface area (Å²) in [6.45, 7) is 8.34. The van der Waals surface area contributed by atoms with Crippen LogP contribution in [0.2, 0.25) is 0 Å². The molecule has 0 N–H and O–H groups in total. The average molecular weight is 568 g/mol. The van der Waals surface area contributed by atoms with E-state index in [9.17, 15) is 13.2 Å². The summed E-state index contributed by atoms with van der Waals surface area (Å²) >= 11 is 0. The fourth-order valence-electron chi connectivity index (χ4n) is 6.20. The molecule has 0 unspecified atom stereocenters. The normalized spacial score (nSPS) is 28.3. The third-order valence-corrected chi connectivity index (χ3v) is 11.0. The molecule has 10 heteroatoms. The van der Waals surface area contributed by atoms with Crippen LogP contribution in [0, 0.1) is 5.92 Å². The first-order valence-electron chi connectivity index (χ1n) is 14.1. The number of carbonyl (C=O) groups is 1. The quantitative estimate of drug-likeness (QED) is 0.470. The minimum atomic E-state index is -3.38. The highest BCUT2D eigenvalue weighted by molar-refractivity contribution is 7.91. The zero-order valence-electron chi connectivity index (χ0n) is 23.9. The molecule has 1 saturated carbocycles. The van der Waals surface area contributed by atoms with Crippen molar-refractivity contribution in [2.75, 3.05) is 18.6 Å². The van der Waals surface area contributed by atoms with E-state index in [1.54, 1.807) is 12.0 Å². The third-order valence-electron chi connectivity index (χ3n) is 9.26. The van der Waals surface area contributed by atoms with Crippen molar-refractivity contribution in [3.63, 3.8) is 0 Å². The summed E-state index contributed by atoms with van der Waals surface area (Å²) in [4.78, 5) is 14.7.